The Morgan fingerprint density at radius 1 is 1.11 bits per heavy atom. The smallest absolute Gasteiger partial charge is 0.317 e. The van der Waals surface area contributed by atoms with E-state index in [0.29, 0.717) is 31.5 Å². The minimum absolute atomic E-state index is 0.0661. The van der Waals surface area contributed by atoms with Crippen molar-refractivity contribution in [3.05, 3.63) is 40.9 Å². The van der Waals surface area contributed by atoms with Crippen LogP contribution in [0.3, 0.4) is 0 Å². The lowest BCUT2D eigenvalue weighted by Crippen LogP contribution is -2.53. The highest BCUT2D eigenvalue weighted by atomic mass is 16.2. The maximum absolute atomic E-state index is 12.4. The van der Waals surface area contributed by atoms with Crippen LogP contribution in [-0.4, -0.2) is 74.2 Å². The molecule has 9 heteroatoms. The molecule has 0 radical (unpaired) electrons. The fraction of sp³-hybridized carbons (Fsp3) is 0.579. The van der Waals surface area contributed by atoms with Gasteiger partial charge < -0.3 is 10.2 Å². The number of carbonyl (C=O) groups excluding carboxylic acids is 1. The van der Waals surface area contributed by atoms with Crippen molar-refractivity contribution in [2.24, 2.45) is 0 Å². The van der Waals surface area contributed by atoms with E-state index in [0.717, 1.165) is 32.5 Å². The molecule has 0 unspecified atom stereocenters. The van der Waals surface area contributed by atoms with Crippen LogP contribution in [-0.2, 0) is 6.54 Å². The lowest BCUT2D eigenvalue weighted by molar-refractivity contribution is 0.133. The minimum atomic E-state index is -0.120. The van der Waals surface area contributed by atoms with Crippen LogP contribution < -0.4 is 10.9 Å². The minimum Gasteiger partial charge on any atom is -0.335 e. The topological polar surface area (TPSA) is 88.3 Å². The standard InChI is InChI=1S/C19H27N7O2/c27-18-7-6-17(25-9-3-8-20-25)22-26(18)15-12-23-10-13-24(14-11-23)19(28)21-16-4-1-2-5-16/h3,6-9,16H,1-2,4-5,10-15H2,(H,21,28). The number of carbonyl (C=O) groups is 1. The molecule has 2 amide bonds. The Morgan fingerprint density at radius 2 is 1.89 bits per heavy atom. The molecule has 0 spiro atoms. The Balaban J connectivity index is 1.27. The SMILES string of the molecule is O=C(NC1CCCC1)N1CCN(CCn2nc(-n3cccn3)ccc2=O)CC1. The van der Waals surface area contributed by atoms with Crippen molar-refractivity contribution >= 4 is 6.03 Å². The molecule has 4 rings (SSSR count). The van der Waals surface area contributed by atoms with E-state index in [1.165, 1.54) is 23.6 Å². The van der Waals surface area contributed by atoms with Gasteiger partial charge in [0.25, 0.3) is 5.56 Å². The average Bonchev–Trinajstić information content (AvgIpc) is 3.42. The highest BCUT2D eigenvalue weighted by molar-refractivity contribution is 5.74. The maximum atomic E-state index is 12.4. The van der Waals surface area contributed by atoms with Crippen LogP contribution in [0.5, 0.6) is 0 Å². The summed E-state index contributed by atoms with van der Waals surface area (Å²) in [7, 11) is 0. The van der Waals surface area contributed by atoms with Gasteiger partial charge in [-0.2, -0.15) is 5.10 Å². The molecule has 2 aromatic rings. The van der Waals surface area contributed by atoms with Crippen molar-refractivity contribution in [2.45, 2.75) is 38.3 Å². The molecule has 1 saturated heterocycles. The van der Waals surface area contributed by atoms with Crippen LogP contribution in [0.1, 0.15) is 25.7 Å². The third-order valence-corrected chi connectivity index (χ3v) is 5.56. The Hall–Kier alpha value is -2.68. The van der Waals surface area contributed by atoms with Crippen molar-refractivity contribution < 1.29 is 4.79 Å². The molecule has 1 aliphatic heterocycles. The summed E-state index contributed by atoms with van der Waals surface area (Å²) < 4.78 is 3.12. The second kappa shape index (κ2) is 8.55. The normalized spacial score (nSPS) is 18.5. The first kappa shape index (κ1) is 18.7. The van der Waals surface area contributed by atoms with Gasteiger partial charge in [-0.05, 0) is 25.0 Å². The Kier molecular flexibility index (Phi) is 5.70. The van der Waals surface area contributed by atoms with Crippen molar-refractivity contribution in [1.29, 1.82) is 0 Å². The molecule has 3 heterocycles. The van der Waals surface area contributed by atoms with E-state index in [1.807, 2.05) is 11.0 Å². The largest absolute Gasteiger partial charge is 0.335 e. The summed E-state index contributed by atoms with van der Waals surface area (Å²) in [6.07, 6.45) is 8.12. The second-order valence-corrected chi connectivity index (χ2v) is 7.46. The van der Waals surface area contributed by atoms with Crippen molar-refractivity contribution in [2.75, 3.05) is 32.7 Å². The van der Waals surface area contributed by atoms with Crippen LogP contribution >= 0.6 is 0 Å². The first-order valence-electron chi connectivity index (χ1n) is 10.0. The van der Waals surface area contributed by atoms with E-state index >= 15 is 0 Å². The van der Waals surface area contributed by atoms with Gasteiger partial charge in [-0.3, -0.25) is 9.69 Å². The third-order valence-electron chi connectivity index (χ3n) is 5.56. The van der Waals surface area contributed by atoms with Crippen LogP contribution in [0.25, 0.3) is 5.82 Å². The Labute approximate surface area is 163 Å². The van der Waals surface area contributed by atoms with Crippen molar-refractivity contribution in [3.8, 4) is 5.82 Å². The number of amides is 2. The summed E-state index contributed by atoms with van der Waals surface area (Å²) in [6.45, 7) is 4.30. The number of aromatic nitrogens is 4. The lowest BCUT2D eigenvalue weighted by atomic mass is 10.2. The van der Waals surface area contributed by atoms with Gasteiger partial charge in [0.1, 0.15) is 0 Å². The van der Waals surface area contributed by atoms with Gasteiger partial charge in [-0.1, -0.05) is 12.8 Å². The molecule has 150 valence electrons. The van der Waals surface area contributed by atoms with E-state index in [4.69, 9.17) is 0 Å². The van der Waals surface area contributed by atoms with Crippen LogP contribution in [0, 0.1) is 0 Å². The van der Waals surface area contributed by atoms with Gasteiger partial charge >= 0.3 is 6.03 Å². The van der Waals surface area contributed by atoms with Gasteiger partial charge in [-0.15, -0.1) is 5.10 Å². The number of hydrogen-bond acceptors (Lipinski definition) is 5. The number of nitrogens with one attached hydrogen (secondary N) is 1. The van der Waals surface area contributed by atoms with Gasteiger partial charge in [0, 0.05) is 57.2 Å². The van der Waals surface area contributed by atoms with E-state index in [9.17, 15) is 9.59 Å². The van der Waals surface area contributed by atoms with Gasteiger partial charge in [0.05, 0.1) is 6.54 Å². The molecule has 2 aliphatic rings. The third kappa shape index (κ3) is 4.41. The van der Waals surface area contributed by atoms with Gasteiger partial charge in [-0.25, -0.2) is 14.2 Å². The Morgan fingerprint density at radius 3 is 2.61 bits per heavy atom. The van der Waals surface area contributed by atoms with Crippen molar-refractivity contribution in [3.63, 3.8) is 0 Å². The predicted octanol–water partition coefficient (Wildman–Crippen LogP) is 0.699. The number of urea groups is 1. The Bertz CT molecular complexity index is 834. The molecule has 1 saturated carbocycles. The number of hydrogen-bond donors (Lipinski definition) is 1. The molecule has 9 nitrogen and oxygen atoms in total. The first-order valence-corrected chi connectivity index (χ1v) is 10.0. The van der Waals surface area contributed by atoms with Crippen LogP contribution in [0.2, 0.25) is 0 Å². The zero-order chi connectivity index (χ0) is 19.3. The molecular weight excluding hydrogens is 358 g/mol. The summed E-state index contributed by atoms with van der Waals surface area (Å²) in [6, 6.07) is 5.43. The highest BCUT2D eigenvalue weighted by Gasteiger charge is 2.24. The summed E-state index contributed by atoms with van der Waals surface area (Å²) in [5.41, 5.74) is -0.120. The maximum Gasteiger partial charge on any atom is 0.317 e. The number of nitrogens with zero attached hydrogens (tertiary/aromatic N) is 6. The summed E-state index contributed by atoms with van der Waals surface area (Å²) in [4.78, 5) is 28.7. The molecule has 1 N–H and O–H groups in total. The average molecular weight is 385 g/mol. The predicted molar refractivity (Wildman–Crippen MR) is 104 cm³/mol. The molecule has 2 aromatic heterocycles. The monoisotopic (exact) mass is 385 g/mol. The second-order valence-electron chi connectivity index (χ2n) is 7.46. The van der Waals surface area contributed by atoms with Crippen LogP contribution in [0.15, 0.2) is 35.4 Å². The molecule has 0 bridgehead atoms. The van der Waals surface area contributed by atoms with Crippen LogP contribution in [0.4, 0.5) is 4.79 Å². The summed E-state index contributed by atoms with van der Waals surface area (Å²) >= 11 is 0. The quantitative estimate of drug-likeness (QED) is 0.819. The molecule has 1 aliphatic carbocycles. The zero-order valence-corrected chi connectivity index (χ0v) is 16.0. The lowest BCUT2D eigenvalue weighted by Gasteiger charge is -2.35. The van der Waals surface area contributed by atoms with E-state index < -0.39 is 0 Å². The van der Waals surface area contributed by atoms with Crippen molar-refractivity contribution in [1.82, 2.24) is 34.7 Å². The van der Waals surface area contributed by atoms with E-state index in [1.54, 1.807) is 23.1 Å². The van der Waals surface area contributed by atoms with E-state index in [-0.39, 0.29) is 11.6 Å². The molecule has 28 heavy (non-hydrogen) atoms. The zero-order valence-electron chi connectivity index (χ0n) is 16.0. The van der Waals surface area contributed by atoms with Gasteiger partial charge in [0.2, 0.25) is 0 Å². The number of rotatable bonds is 5. The summed E-state index contributed by atoms with van der Waals surface area (Å²) in [5.74, 6) is 0.623. The molecule has 0 aromatic carbocycles. The summed E-state index contributed by atoms with van der Waals surface area (Å²) in [5, 5.41) is 11.7. The highest BCUT2D eigenvalue weighted by Crippen LogP contribution is 2.18. The van der Waals surface area contributed by atoms with E-state index in [2.05, 4.69) is 20.4 Å². The fourth-order valence-corrected chi connectivity index (χ4v) is 3.87. The molecule has 0 atom stereocenters. The first-order chi connectivity index (χ1) is 13.7. The fourth-order valence-electron chi connectivity index (χ4n) is 3.87. The number of piperazine rings is 1. The molecule has 2 fully saturated rings. The molecular formula is C19H27N7O2. The van der Waals surface area contributed by atoms with Gasteiger partial charge in [0.15, 0.2) is 5.82 Å².